The Kier molecular flexibility index (Phi) is 5.44. The zero-order valence-corrected chi connectivity index (χ0v) is 18.2. The van der Waals surface area contributed by atoms with E-state index in [2.05, 4.69) is 0 Å². The first kappa shape index (κ1) is 21.5. The maximum absolute atomic E-state index is 13.6. The molecule has 3 aromatic rings. The average molecular weight is 450 g/mol. The monoisotopic (exact) mass is 449 g/mol. The third-order valence-electron chi connectivity index (χ3n) is 5.52. The molecule has 0 spiro atoms. The third-order valence-corrected chi connectivity index (χ3v) is 5.78. The molecule has 3 aromatic carbocycles. The molecule has 162 valence electrons. The van der Waals surface area contributed by atoms with Crippen LogP contribution in [0.4, 0.5) is 17.1 Å². The Labute approximate surface area is 190 Å². The summed E-state index contributed by atoms with van der Waals surface area (Å²) < 4.78 is 0. The van der Waals surface area contributed by atoms with Crippen molar-refractivity contribution >= 4 is 40.5 Å². The van der Waals surface area contributed by atoms with Crippen molar-refractivity contribution < 1.29 is 14.5 Å². The van der Waals surface area contributed by atoms with Crippen LogP contribution in [-0.4, -0.2) is 22.3 Å². The number of carbonyl (C=O) groups is 2. The number of rotatable bonds is 4. The second kappa shape index (κ2) is 8.09. The molecule has 7 nitrogen and oxygen atoms in total. The normalized spacial score (nSPS) is 14.8. The molecule has 0 saturated carbocycles. The molecule has 0 unspecified atom stereocenters. The summed E-state index contributed by atoms with van der Waals surface area (Å²) in [6.45, 7) is 3.64. The fraction of sp³-hybridized carbons (Fsp3) is 0.167. The van der Waals surface area contributed by atoms with Gasteiger partial charge in [-0.25, -0.2) is 0 Å². The number of nitro benzene ring substituents is 1. The molecule has 0 N–H and O–H groups in total. The van der Waals surface area contributed by atoms with Crippen LogP contribution in [-0.2, 0) is 11.3 Å². The number of fused-ring (bicyclic) bond motifs is 1. The topological polar surface area (TPSA) is 83.8 Å². The van der Waals surface area contributed by atoms with E-state index >= 15 is 0 Å². The Bertz CT molecular complexity index is 1210. The van der Waals surface area contributed by atoms with Crippen LogP contribution in [0.25, 0.3) is 0 Å². The van der Waals surface area contributed by atoms with Gasteiger partial charge in [-0.05, 0) is 55.8 Å². The Hall–Kier alpha value is -3.71. The zero-order chi connectivity index (χ0) is 23.0. The molecular weight excluding hydrogens is 430 g/mol. The molecule has 1 heterocycles. The molecule has 8 heteroatoms. The van der Waals surface area contributed by atoms with E-state index in [0.717, 1.165) is 5.56 Å². The van der Waals surface area contributed by atoms with Gasteiger partial charge >= 0.3 is 0 Å². The van der Waals surface area contributed by atoms with Crippen LogP contribution in [0.1, 0.15) is 29.8 Å². The number of nitro groups is 1. The lowest BCUT2D eigenvalue weighted by molar-refractivity contribution is -0.384. The second-order valence-electron chi connectivity index (χ2n) is 8.01. The average Bonchev–Trinajstić information content (AvgIpc) is 2.77. The van der Waals surface area contributed by atoms with Crippen LogP contribution < -0.4 is 9.80 Å². The molecule has 0 aliphatic carbocycles. The zero-order valence-electron chi connectivity index (χ0n) is 17.5. The van der Waals surface area contributed by atoms with Crippen molar-refractivity contribution in [3.63, 3.8) is 0 Å². The molecule has 2 amide bonds. The molecule has 1 aliphatic rings. The van der Waals surface area contributed by atoms with Gasteiger partial charge in [0.1, 0.15) is 5.54 Å². The van der Waals surface area contributed by atoms with E-state index in [1.807, 2.05) is 6.07 Å². The summed E-state index contributed by atoms with van der Waals surface area (Å²) >= 11 is 5.96. The highest BCUT2D eigenvalue weighted by Crippen LogP contribution is 2.42. The first-order valence-electron chi connectivity index (χ1n) is 9.94. The predicted molar refractivity (Wildman–Crippen MR) is 123 cm³/mol. The van der Waals surface area contributed by atoms with Crippen molar-refractivity contribution in [3.8, 4) is 0 Å². The Morgan fingerprint density at radius 3 is 2.16 bits per heavy atom. The van der Waals surface area contributed by atoms with Crippen molar-refractivity contribution in [1.29, 1.82) is 0 Å². The van der Waals surface area contributed by atoms with E-state index in [9.17, 15) is 19.7 Å². The minimum absolute atomic E-state index is 0.0146. The maximum atomic E-state index is 13.6. The molecular formula is C24H20ClN3O4. The summed E-state index contributed by atoms with van der Waals surface area (Å²) in [5.41, 5.74) is 1.20. The molecule has 0 bridgehead atoms. The summed E-state index contributed by atoms with van der Waals surface area (Å²) in [5.74, 6) is -0.556. The van der Waals surface area contributed by atoms with Crippen molar-refractivity contribution in [3.05, 3.63) is 99.1 Å². The second-order valence-corrected chi connectivity index (χ2v) is 8.45. The maximum Gasteiger partial charge on any atom is 0.269 e. The first-order valence-corrected chi connectivity index (χ1v) is 10.3. The van der Waals surface area contributed by atoms with Gasteiger partial charge in [0, 0.05) is 22.7 Å². The number of non-ortho nitro benzene ring substituents is 1. The number of hydrogen-bond donors (Lipinski definition) is 0. The SMILES string of the molecule is CC1(C)C(=O)N(Cc2ccc([N+](=O)[O-])cc2)c2ccccc2N1C(=O)c1ccc(Cl)cc1. The van der Waals surface area contributed by atoms with Gasteiger partial charge < -0.3 is 4.90 Å². The van der Waals surface area contributed by atoms with Crippen molar-refractivity contribution in [2.75, 3.05) is 9.80 Å². The van der Waals surface area contributed by atoms with Gasteiger partial charge in [0.15, 0.2) is 0 Å². The van der Waals surface area contributed by atoms with Crippen molar-refractivity contribution in [1.82, 2.24) is 0 Å². The smallest absolute Gasteiger partial charge is 0.269 e. The lowest BCUT2D eigenvalue weighted by Crippen LogP contribution is -2.62. The number of halogens is 1. The van der Waals surface area contributed by atoms with E-state index in [0.29, 0.717) is 22.0 Å². The van der Waals surface area contributed by atoms with Crippen molar-refractivity contribution in [2.45, 2.75) is 25.9 Å². The van der Waals surface area contributed by atoms with Crippen LogP contribution in [0.5, 0.6) is 0 Å². The predicted octanol–water partition coefficient (Wildman–Crippen LogP) is 5.22. The highest BCUT2D eigenvalue weighted by Gasteiger charge is 2.47. The number of anilines is 2. The van der Waals surface area contributed by atoms with E-state index in [1.54, 1.807) is 73.3 Å². The van der Waals surface area contributed by atoms with Gasteiger partial charge in [-0.1, -0.05) is 35.9 Å². The van der Waals surface area contributed by atoms with Gasteiger partial charge in [-0.3, -0.25) is 24.6 Å². The number of nitrogens with zero attached hydrogens (tertiary/aromatic N) is 3. The van der Waals surface area contributed by atoms with Gasteiger partial charge in [-0.15, -0.1) is 0 Å². The standard InChI is InChI=1S/C24H20ClN3O4/c1-24(2)23(30)26(15-16-7-13-19(14-8-16)28(31)32)20-5-3-4-6-21(20)27(24)22(29)17-9-11-18(25)12-10-17/h3-14H,15H2,1-2H3. The molecule has 0 radical (unpaired) electrons. The molecule has 4 rings (SSSR count). The Balaban J connectivity index is 1.75. The molecule has 1 aliphatic heterocycles. The number of para-hydroxylation sites is 2. The fourth-order valence-corrected chi connectivity index (χ4v) is 3.99. The van der Waals surface area contributed by atoms with Gasteiger partial charge in [0.05, 0.1) is 22.8 Å². The highest BCUT2D eigenvalue weighted by atomic mass is 35.5. The van der Waals surface area contributed by atoms with E-state index in [1.165, 1.54) is 17.0 Å². The number of benzene rings is 3. The Morgan fingerprint density at radius 1 is 0.969 bits per heavy atom. The van der Waals surface area contributed by atoms with Gasteiger partial charge in [0.25, 0.3) is 17.5 Å². The van der Waals surface area contributed by atoms with Crippen LogP contribution in [0.3, 0.4) is 0 Å². The largest absolute Gasteiger partial charge is 0.304 e. The number of amides is 2. The van der Waals surface area contributed by atoms with Crippen LogP contribution in [0.2, 0.25) is 5.02 Å². The minimum atomic E-state index is -1.16. The van der Waals surface area contributed by atoms with E-state index in [4.69, 9.17) is 11.6 Å². The van der Waals surface area contributed by atoms with Gasteiger partial charge in [-0.2, -0.15) is 0 Å². The lowest BCUT2D eigenvalue weighted by Gasteiger charge is -2.46. The summed E-state index contributed by atoms with van der Waals surface area (Å²) in [5, 5.41) is 11.5. The van der Waals surface area contributed by atoms with Crippen LogP contribution in [0.15, 0.2) is 72.8 Å². The van der Waals surface area contributed by atoms with Crippen LogP contribution >= 0.6 is 11.6 Å². The first-order chi connectivity index (χ1) is 15.2. The van der Waals surface area contributed by atoms with E-state index < -0.39 is 10.5 Å². The van der Waals surface area contributed by atoms with Crippen LogP contribution in [0, 0.1) is 10.1 Å². The van der Waals surface area contributed by atoms with Gasteiger partial charge in [0.2, 0.25) is 0 Å². The summed E-state index contributed by atoms with van der Waals surface area (Å²) in [4.78, 5) is 40.6. The number of carbonyl (C=O) groups excluding carboxylic acids is 2. The lowest BCUT2D eigenvalue weighted by atomic mass is 9.93. The number of hydrogen-bond acceptors (Lipinski definition) is 4. The highest BCUT2D eigenvalue weighted by molar-refractivity contribution is 6.30. The third kappa shape index (κ3) is 3.71. The molecule has 0 aromatic heterocycles. The fourth-order valence-electron chi connectivity index (χ4n) is 3.87. The minimum Gasteiger partial charge on any atom is -0.304 e. The van der Waals surface area contributed by atoms with E-state index in [-0.39, 0.29) is 24.0 Å². The Morgan fingerprint density at radius 2 is 1.56 bits per heavy atom. The summed E-state index contributed by atoms with van der Waals surface area (Å²) in [7, 11) is 0. The quantitative estimate of drug-likeness (QED) is 0.403. The summed E-state index contributed by atoms with van der Waals surface area (Å²) in [6, 6.07) is 19.9. The molecule has 0 atom stereocenters. The molecule has 0 fully saturated rings. The molecule has 32 heavy (non-hydrogen) atoms. The van der Waals surface area contributed by atoms with Crippen molar-refractivity contribution in [2.24, 2.45) is 0 Å². The molecule has 0 saturated heterocycles. The summed E-state index contributed by atoms with van der Waals surface area (Å²) in [6.07, 6.45) is 0.